The molecule has 1 N–H and O–H groups in total. The minimum absolute atomic E-state index is 0.139. The van der Waals surface area contributed by atoms with Gasteiger partial charge in [0.25, 0.3) is 5.91 Å². The summed E-state index contributed by atoms with van der Waals surface area (Å²) in [6, 6.07) is 9.67. The Labute approximate surface area is 154 Å². The number of carbonyl (C=O) groups excluding carboxylic acids is 1. The van der Waals surface area contributed by atoms with Crippen molar-refractivity contribution >= 4 is 28.3 Å². The Morgan fingerprint density at radius 1 is 1.27 bits per heavy atom. The van der Waals surface area contributed by atoms with Crippen molar-refractivity contribution in [2.24, 2.45) is 0 Å². The zero-order valence-corrected chi connectivity index (χ0v) is 15.0. The SMILES string of the molecule is Cc1cc(C(=O)NCc2cccnc2)c2cnn(Cc3cccs3)c2n1. The van der Waals surface area contributed by atoms with Crippen LogP contribution in [0.25, 0.3) is 11.0 Å². The number of hydrogen-bond acceptors (Lipinski definition) is 5. The van der Waals surface area contributed by atoms with Crippen LogP contribution in [-0.4, -0.2) is 25.7 Å². The van der Waals surface area contributed by atoms with Gasteiger partial charge in [-0.05, 0) is 36.1 Å². The summed E-state index contributed by atoms with van der Waals surface area (Å²) in [5.74, 6) is -0.139. The molecule has 6 nitrogen and oxygen atoms in total. The Kier molecular flexibility index (Phi) is 4.45. The van der Waals surface area contributed by atoms with Gasteiger partial charge in [0.2, 0.25) is 0 Å². The molecule has 0 saturated heterocycles. The predicted octanol–water partition coefficient (Wildman–Crippen LogP) is 3.17. The first-order valence-corrected chi connectivity index (χ1v) is 9.11. The van der Waals surface area contributed by atoms with Crippen molar-refractivity contribution in [2.45, 2.75) is 20.0 Å². The topological polar surface area (TPSA) is 72.7 Å². The average molecular weight is 363 g/mol. The first kappa shape index (κ1) is 16.4. The van der Waals surface area contributed by atoms with Crippen LogP contribution in [-0.2, 0) is 13.1 Å². The van der Waals surface area contributed by atoms with Crippen molar-refractivity contribution < 1.29 is 4.79 Å². The van der Waals surface area contributed by atoms with Gasteiger partial charge in [-0.1, -0.05) is 12.1 Å². The van der Waals surface area contributed by atoms with E-state index < -0.39 is 0 Å². The highest BCUT2D eigenvalue weighted by atomic mass is 32.1. The number of nitrogens with one attached hydrogen (secondary N) is 1. The second-order valence-electron chi connectivity index (χ2n) is 5.97. The molecule has 4 rings (SSSR count). The Bertz CT molecular complexity index is 1040. The van der Waals surface area contributed by atoms with Gasteiger partial charge in [0.1, 0.15) is 0 Å². The Hall–Kier alpha value is -3.06. The maximum absolute atomic E-state index is 12.7. The highest BCUT2D eigenvalue weighted by Gasteiger charge is 2.16. The summed E-state index contributed by atoms with van der Waals surface area (Å²) >= 11 is 1.68. The van der Waals surface area contributed by atoms with Crippen LogP contribution in [0.2, 0.25) is 0 Å². The molecule has 26 heavy (non-hydrogen) atoms. The average Bonchev–Trinajstić information content (AvgIpc) is 3.31. The molecule has 0 atom stereocenters. The van der Waals surface area contributed by atoms with Crippen LogP contribution in [0, 0.1) is 6.92 Å². The number of aryl methyl sites for hydroxylation is 1. The fraction of sp³-hybridized carbons (Fsp3) is 0.158. The number of amides is 1. The molecule has 0 aliphatic heterocycles. The van der Waals surface area contributed by atoms with Crippen molar-refractivity contribution in [1.29, 1.82) is 0 Å². The van der Waals surface area contributed by atoms with Gasteiger partial charge in [0.05, 0.1) is 23.7 Å². The molecule has 0 saturated carbocycles. The van der Waals surface area contributed by atoms with E-state index in [9.17, 15) is 4.79 Å². The molecule has 130 valence electrons. The lowest BCUT2D eigenvalue weighted by Crippen LogP contribution is -2.23. The predicted molar refractivity (Wildman–Crippen MR) is 101 cm³/mol. The van der Waals surface area contributed by atoms with Gasteiger partial charge in [0, 0.05) is 29.5 Å². The van der Waals surface area contributed by atoms with E-state index >= 15 is 0 Å². The number of aromatic nitrogens is 4. The van der Waals surface area contributed by atoms with E-state index in [1.165, 1.54) is 4.88 Å². The van der Waals surface area contributed by atoms with Gasteiger partial charge in [-0.15, -0.1) is 11.3 Å². The molecular weight excluding hydrogens is 346 g/mol. The molecule has 0 fully saturated rings. The smallest absolute Gasteiger partial charge is 0.252 e. The molecule has 1 amide bonds. The standard InChI is InChI=1S/C19H17N5OS/c1-13-8-16(19(25)21-10-14-4-2-6-20-9-14)17-11-22-24(18(17)23-13)12-15-5-3-7-26-15/h2-9,11H,10,12H2,1H3,(H,21,25). The van der Waals surface area contributed by atoms with Crippen molar-refractivity contribution in [3.63, 3.8) is 0 Å². The highest BCUT2D eigenvalue weighted by molar-refractivity contribution is 7.09. The fourth-order valence-electron chi connectivity index (χ4n) is 2.81. The second-order valence-corrected chi connectivity index (χ2v) is 7.01. The normalized spacial score (nSPS) is 11.0. The van der Waals surface area contributed by atoms with Gasteiger partial charge in [-0.25, -0.2) is 9.67 Å². The van der Waals surface area contributed by atoms with Gasteiger partial charge in [0.15, 0.2) is 5.65 Å². The quantitative estimate of drug-likeness (QED) is 0.591. The number of carbonyl (C=O) groups is 1. The lowest BCUT2D eigenvalue weighted by atomic mass is 10.1. The van der Waals surface area contributed by atoms with Crippen molar-refractivity contribution in [1.82, 2.24) is 25.1 Å². The monoisotopic (exact) mass is 363 g/mol. The summed E-state index contributed by atoms with van der Waals surface area (Å²) in [4.78, 5) is 22.6. The first-order chi connectivity index (χ1) is 12.7. The lowest BCUT2D eigenvalue weighted by Gasteiger charge is -2.08. The molecule has 0 spiro atoms. The van der Waals surface area contributed by atoms with E-state index in [0.29, 0.717) is 18.7 Å². The van der Waals surface area contributed by atoms with Crippen LogP contribution in [0.5, 0.6) is 0 Å². The van der Waals surface area contributed by atoms with E-state index in [1.807, 2.05) is 35.2 Å². The largest absolute Gasteiger partial charge is 0.348 e. The minimum Gasteiger partial charge on any atom is -0.348 e. The van der Waals surface area contributed by atoms with Crippen molar-refractivity contribution in [3.05, 3.63) is 76.0 Å². The van der Waals surface area contributed by atoms with Crippen LogP contribution in [0.1, 0.15) is 26.5 Å². The molecule has 4 aromatic rings. The molecule has 0 unspecified atom stereocenters. The Morgan fingerprint density at radius 2 is 2.19 bits per heavy atom. The number of rotatable bonds is 5. The van der Waals surface area contributed by atoms with Gasteiger partial charge in [-0.2, -0.15) is 5.10 Å². The maximum Gasteiger partial charge on any atom is 0.252 e. The molecule has 4 aromatic heterocycles. The van der Waals surface area contributed by atoms with Crippen LogP contribution in [0.4, 0.5) is 0 Å². The van der Waals surface area contributed by atoms with Crippen molar-refractivity contribution in [3.8, 4) is 0 Å². The maximum atomic E-state index is 12.7. The molecule has 7 heteroatoms. The highest BCUT2D eigenvalue weighted by Crippen LogP contribution is 2.20. The van der Waals surface area contributed by atoms with E-state index in [1.54, 1.807) is 36.0 Å². The van der Waals surface area contributed by atoms with Crippen molar-refractivity contribution in [2.75, 3.05) is 0 Å². The van der Waals surface area contributed by atoms with Gasteiger partial charge in [-0.3, -0.25) is 9.78 Å². The second kappa shape index (κ2) is 7.05. The number of fused-ring (bicyclic) bond motifs is 1. The third kappa shape index (κ3) is 3.34. The van der Waals surface area contributed by atoms with E-state index in [0.717, 1.165) is 22.3 Å². The summed E-state index contributed by atoms with van der Waals surface area (Å²) in [5, 5.41) is 10.2. The molecular formula is C19H17N5OS. The molecule has 4 heterocycles. The summed E-state index contributed by atoms with van der Waals surface area (Å²) in [7, 11) is 0. The summed E-state index contributed by atoms with van der Waals surface area (Å²) < 4.78 is 1.84. The fourth-order valence-corrected chi connectivity index (χ4v) is 3.49. The lowest BCUT2D eigenvalue weighted by molar-refractivity contribution is 0.0952. The third-order valence-corrected chi connectivity index (χ3v) is 4.90. The van der Waals surface area contributed by atoms with E-state index in [-0.39, 0.29) is 5.91 Å². The van der Waals surface area contributed by atoms with Gasteiger partial charge >= 0.3 is 0 Å². The number of hydrogen-bond donors (Lipinski definition) is 1. The third-order valence-electron chi connectivity index (χ3n) is 4.04. The van der Waals surface area contributed by atoms with E-state index in [4.69, 9.17) is 0 Å². The van der Waals surface area contributed by atoms with Crippen LogP contribution in [0.15, 0.2) is 54.3 Å². The summed E-state index contributed by atoms with van der Waals surface area (Å²) in [5.41, 5.74) is 3.06. The van der Waals surface area contributed by atoms with Crippen LogP contribution < -0.4 is 5.32 Å². The number of pyridine rings is 2. The Morgan fingerprint density at radius 3 is 2.96 bits per heavy atom. The number of thiophene rings is 1. The van der Waals surface area contributed by atoms with E-state index in [2.05, 4.69) is 26.4 Å². The van der Waals surface area contributed by atoms with Gasteiger partial charge < -0.3 is 5.32 Å². The Balaban J connectivity index is 1.62. The molecule has 0 aliphatic carbocycles. The summed E-state index contributed by atoms with van der Waals surface area (Å²) in [6.45, 7) is 2.97. The molecule has 0 aromatic carbocycles. The zero-order chi connectivity index (χ0) is 17.9. The van der Waals surface area contributed by atoms with Crippen LogP contribution >= 0.6 is 11.3 Å². The van der Waals surface area contributed by atoms with Crippen LogP contribution in [0.3, 0.4) is 0 Å². The summed E-state index contributed by atoms with van der Waals surface area (Å²) in [6.07, 6.45) is 5.17. The molecule has 0 radical (unpaired) electrons. The first-order valence-electron chi connectivity index (χ1n) is 8.23. The zero-order valence-electron chi connectivity index (χ0n) is 14.2. The molecule has 0 aliphatic rings. The number of nitrogens with zero attached hydrogens (tertiary/aromatic N) is 4. The molecule has 0 bridgehead atoms. The minimum atomic E-state index is -0.139.